The summed E-state index contributed by atoms with van der Waals surface area (Å²) in [5, 5.41) is 54.9. The number of fused-ring (bicyclic) bond motifs is 20. The highest BCUT2D eigenvalue weighted by Gasteiger charge is 2.42. The minimum Gasteiger partial charge on any atom is -0.309 e. The van der Waals surface area contributed by atoms with Crippen LogP contribution < -0.4 is 16.4 Å². The van der Waals surface area contributed by atoms with Gasteiger partial charge < -0.3 is 18.3 Å². The quantitative estimate of drug-likeness (QED) is 0.129. The van der Waals surface area contributed by atoms with Crippen LogP contribution in [0.25, 0.3) is 159 Å². The van der Waals surface area contributed by atoms with Crippen LogP contribution in [0.15, 0.2) is 231 Å². The number of nitrogens with zero attached hydrogens (tertiary/aromatic N) is 9. The second-order valence-electron chi connectivity index (χ2n) is 23.4. The molecule has 6 heterocycles. The third-order valence-electron chi connectivity index (χ3n) is 19.2. The molecule has 0 N–H and O–H groups in total. The van der Waals surface area contributed by atoms with Gasteiger partial charge in [0.2, 0.25) is 6.71 Å². The van der Waals surface area contributed by atoms with Gasteiger partial charge in [-0.15, -0.1) is 0 Å². The molecule has 402 valence electrons. The molecule has 89 heavy (non-hydrogen) atoms. The zero-order valence-electron chi connectivity index (χ0n) is 47.0. The first kappa shape index (κ1) is 48.5. The maximum atomic E-state index is 11.5. The van der Waals surface area contributed by atoms with Crippen molar-refractivity contribution in [1.29, 1.82) is 21.0 Å². The molecule has 0 saturated heterocycles. The Morgan fingerprint density at radius 3 is 0.910 bits per heavy atom. The lowest BCUT2D eigenvalue weighted by Gasteiger charge is -2.35. The Bertz CT molecular complexity index is 5960. The number of para-hydroxylation sites is 4. The van der Waals surface area contributed by atoms with Crippen molar-refractivity contribution in [2.24, 2.45) is 0 Å². The topological polar surface area (TPSA) is 119 Å². The largest absolute Gasteiger partial charge is 0.309 e. The Hall–Kier alpha value is -12.9. The molecule has 0 amide bonds. The molecular formula is C79H38BN9. The van der Waals surface area contributed by atoms with E-state index in [0.717, 1.165) is 170 Å². The highest BCUT2D eigenvalue weighted by atomic mass is 15.0. The summed E-state index contributed by atoms with van der Waals surface area (Å²) in [6, 6.07) is 89.7. The second-order valence-corrected chi connectivity index (χ2v) is 23.4. The van der Waals surface area contributed by atoms with Crippen molar-refractivity contribution in [3.05, 3.63) is 264 Å². The summed E-state index contributed by atoms with van der Waals surface area (Å²) in [4.78, 5) is 3.78. The molecular weight excluding hydrogens is 1090 g/mol. The van der Waals surface area contributed by atoms with Gasteiger partial charge >= 0.3 is 0 Å². The molecule has 4 aromatic heterocycles. The van der Waals surface area contributed by atoms with Crippen LogP contribution in [-0.2, 0) is 0 Å². The highest BCUT2D eigenvalue weighted by molar-refractivity contribution is 7.02. The van der Waals surface area contributed by atoms with Gasteiger partial charge in [-0.05, 0) is 179 Å². The predicted molar refractivity (Wildman–Crippen MR) is 359 cm³/mol. The average molecular weight is 1120 g/mol. The number of aromatic nitrogens is 4. The monoisotopic (exact) mass is 1120 g/mol. The van der Waals surface area contributed by atoms with Crippen molar-refractivity contribution >= 4 is 138 Å². The number of rotatable bonds is 4. The van der Waals surface area contributed by atoms with Gasteiger partial charge in [-0.1, -0.05) is 101 Å². The smallest absolute Gasteiger partial charge is 0.244 e. The number of benzene rings is 13. The fourth-order valence-corrected chi connectivity index (χ4v) is 15.8. The van der Waals surface area contributed by atoms with Gasteiger partial charge in [0.1, 0.15) is 0 Å². The first-order chi connectivity index (χ1) is 43.9. The van der Waals surface area contributed by atoms with Crippen molar-refractivity contribution in [3.63, 3.8) is 0 Å². The zero-order valence-corrected chi connectivity index (χ0v) is 47.0. The van der Waals surface area contributed by atoms with E-state index in [1.807, 2.05) is 72.8 Å². The van der Waals surface area contributed by atoms with E-state index in [1.165, 1.54) is 0 Å². The van der Waals surface area contributed by atoms with Crippen molar-refractivity contribution < 1.29 is 0 Å². The summed E-state index contributed by atoms with van der Waals surface area (Å²) >= 11 is 0. The second kappa shape index (κ2) is 17.6. The molecule has 19 rings (SSSR count). The van der Waals surface area contributed by atoms with Gasteiger partial charge in [-0.25, -0.2) is 4.85 Å². The molecule has 0 saturated carbocycles. The molecule has 13 aromatic carbocycles. The lowest BCUT2D eigenvalue weighted by Crippen LogP contribution is -2.57. The summed E-state index contributed by atoms with van der Waals surface area (Å²) < 4.78 is 9.42. The number of nitriles is 4. The van der Waals surface area contributed by atoms with Gasteiger partial charge in [0, 0.05) is 76.6 Å². The van der Waals surface area contributed by atoms with E-state index in [2.05, 4.69) is 205 Å². The summed E-state index contributed by atoms with van der Waals surface area (Å²) in [5.41, 5.74) is 22.0. The third-order valence-corrected chi connectivity index (χ3v) is 19.2. The van der Waals surface area contributed by atoms with Crippen LogP contribution >= 0.6 is 0 Å². The maximum Gasteiger partial charge on any atom is 0.244 e. The first-order valence-electron chi connectivity index (χ1n) is 29.4. The predicted octanol–water partition coefficient (Wildman–Crippen LogP) is 16.9. The summed E-state index contributed by atoms with van der Waals surface area (Å²) in [5.74, 6) is 0. The van der Waals surface area contributed by atoms with Crippen molar-refractivity contribution in [1.82, 2.24) is 18.3 Å². The van der Waals surface area contributed by atoms with E-state index in [1.54, 1.807) is 0 Å². The lowest BCUT2D eigenvalue weighted by atomic mass is 9.31. The van der Waals surface area contributed by atoms with Crippen LogP contribution in [-0.4, -0.2) is 25.0 Å². The normalized spacial score (nSPS) is 12.2. The van der Waals surface area contributed by atoms with E-state index in [4.69, 9.17) is 6.57 Å². The zero-order chi connectivity index (χ0) is 59.1. The molecule has 0 unspecified atom stereocenters. The minimum absolute atomic E-state index is 0.386. The van der Waals surface area contributed by atoms with Crippen LogP contribution in [0.2, 0.25) is 0 Å². The van der Waals surface area contributed by atoms with Crippen molar-refractivity contribution in [2.75, 3.05) is 0 Å². The van der Waals surface area contributed by atoms with E-state index in [0.29, 0.717) is 27.9 Å². The SMILES string of the molecule is [C-]#[N+]c1ccc(-n2c3ccccc3c3c4c5c(cc6c4c4ccccc4n6-c4ccc(C#N)cc4)B4c6c(cc(C#N)cc6-c5cc32)-c2cc3c(c5ccccc5n3-c3ccc(C#N)cc3)c3c2c4cc2c3c3ccccc3n2-c2ccc(C#N)cc2)cc1. The molecule has 0 bridgehead atoms. The van der Waals surface area contributed by atoms with Gasteiger partial charge in [0.15, 0.2) is 5.69 Å². The Morgan fingerprint density at radius 1 is 0.292 bits per heavy atom. The van der Waals surface area contributed by atoms with E-state index in [-0.39, 0.29) is 6.71 Å². The Morgan fingerprint density at radius 2 is 0.596 bits per heavy atom. The standard InChI is InChI=1S/C79H38BN9/c1-85-48-24-32-52(33-25-48)87-64-15-7-3-11-54(64)74-68(87)37-58-60-35-47(43-84)34-59-57-36-67-73(53-10-2-6-14-63(53)86(67)49-26-18-44(40-81)19-27-49)77-71(57)61(38-69-75(77)55-12-4-8-16-65(55)88(69)50-28-20-45(41-82)21-29-50)80(79(59)60)62-39-70-76(78(74)72(58)62)56-13-5-9-17-66(56)89(70)51-30-22-46(42-83)23-31-51/h2-39H. The molecule has 17 aromatic rings. The molecule has 0 aliphatic carbocycles. The Kier molecular flexibility index (Phi) is 9.58. The van der Waals surface area contributed by atoms with Crippen molar-refractivity contribution in [2.45, 2.75) is 0 Å². The Balaban J connectivity index is 1.07. The number of hydrogen-bond donors (Lipinski definition) is 0. The Labute approximate surface area is 507 Å². The highest BCUT2D eigenvalue weighted by Crippen LogP contribution is 2.52. The van der Waals surface area contributed by atoms with Gasteiger partial charge in [-0.2, -0.15) is 21.0 Å². The lowest BCUT2D eigenvalue weighted by molar-refractivity contribution is 1.18. The minimum atomic E-state index is -0.386. The first-order valence-corrected chi connectivity index (χ1v) is 29.4. The molecule has 9 nitrogen and oxygen atoms in total. The van der Waals surface area contributed by atoms with E-state index in [9.17, 15) is 21.0 Å². The van der Waals surface area contributed by atoms with Crippen LogP contribution in [0.5, 0.6) is 0 Å². The molecule has 2 aliphatic heterocycles. The van der Waals surface area contributed by atoms with Gasteiger partial charge in [0.25, 0.3) is 0 Å². The average Bonchev–Trinajstić information content (AvgIpc) is 1.65. The number of hydrogen-bond acceptors (Lipinski definition) is 4. The van der Waals surface area contributed by atoms with Gasteiger partial charge in [0.05, 0.1) is 97.2 Å². The van der Waals surface area contributed by atoms with Crippen LogP contribution in [0.4, 0.5) is 5.69 Å². The third kappa shape index (κ3) is 6.26. The van der Waals surface area contributed by atoms with Gasteiger partial charge in [-0.3, -0.25) is 0 Å². The van der Waals surface area contributed by atoms with E-state index < -0.39 is 0 Å². The molecule has 0 spiro atoms. The molecule has 0 radical (unpaired) electrons. The van der Waals surface area contributed by atoms with Crippen LogP contribution in [0, 0.1) is 51.9 Å². The molecule has 2 aliphatic rings. The molecule has 0 atom stereocenters. The van der Waals surface area contributed by atoms with E-state index >= 15 is 0 Å². The maximum absolute atomic E-state index is 11.5. The molecule has 10 heteroatoms. The summed E-state index contributed by atoms with van der Waals surface area (Å²) in [6.07, 6.45) is 0. The van der Waals surface area contributed by atoms with Crippen LogP contribution in [0.1, 0.15) is 22.3 Å². The summed E-state index contributed by atoms with van der Waals surface area (Å²) in [6.45, 7) is 7.51. The summed E-state index contributed by atoms with van der Waals surface area (Å²) in [7, 11) is 0. The van der Waals surface area contributed by atoms with Crippen LogP contribution in [0.3, 0.4) is 0 Å². The van der Waals surface area contributed by atoms with Crippen molar-refractivity contribution in [3.8, 4) is 69.3 Å². The fraction of sp³-hybridized carbons (Fsp3) is 0. The molecule has 0 fully saturated rings. The fourth-order valence-electron chi connectivity index (χ4n) is 15.8.